The first-order chi connectivity index (χ1) is 6.94. The van der Waals surface area contributed by atoms with E-state index < -0.39 is 11.3 Å². The number of halogens is 3. The van der Waals surface area contributed by atoms with Gasteiger partial charge >= 0.3 is 11.3 Å². The van der Waals surface area contributed by atoms with Crippen molar-refractivity contribution in [3.63, 3.8) is 0 Å². The van der Waals surface area contributed by atoms with Gasteiger partial charge < -0.3 is 4.42 Å². The van der Waals surface area contributed by atoms with Crippen LogP contribution in [-0.4, -0.2) is 10.5 Å². The molecule has 0 aliphatic rings. The van der Waals surface area contributed by atoms with Crippen LogP contribution in [0.25, 0.3) is 11.1 Å². The second-order valence-corrected chi connectivity index (χ2v) is 3.86. The number of oxazole rings is 1. The van der Waals surface area contributed by atoms with Gasteiger partial charge in [0.1, 0.15) is 0 Å². The molecule has 80 valence electrons. The average Bonchev–Trinajstić information content (AvgIpc) is 2.40. The maximum absolute atomic E-state index is 12.0. The normalized spacial score (nSPS) is 12.2. The zero-order valence-corrected chi connectivity index (χ0v) is 7.91. The number of aromatic amines is 1. The lowest BCUT2D eigenvalue weighted by atomic mass is 10.3. The van der Waals surface area contributed by atoms with E-state index in [2.05, 4.69) is 9.40 Å². The Morgan fingerprint density at radius 2 is 2.07 bits per heavy atom. The van der Waals surface area contributed by atoms with Crippen LogP contribution >= 0.6 is 11.8 Å². The van der Waals surface area contributed by atoms with Crippen molar-refractivity contribution < 1.29 is 17.6 Å². The Morgan fingerprint density at radius 3 is 2.73 bits per heavy atom. The molecule has 0 radical (unpaired) electrons. The van der Waals surface area contributed by atoms with Gasteiger partial charge in [0.15, 0.2) is 5.58 Å². The van der Waals surface area contributed by atoms with E-state index in [1.165, 1.54) is 18.2 Å². The lowest BCUT2D eigenvalue weighted by molar-refractivity contribution is -0.0328. The van der Waals surface area contributed by atoms with E-state index in [0.717, 1.165) is 0 Å². The van der Waals surface area contributed by atoms with Crippen LogP contribution in [0, 0.1) is 0 Å². The fourth-order valence-electron chi connectivity index (χ4n) is 1.13. The van der Waals surface area contributed by atoms with Crippen molar-refractivity contribution >= 4 is 22.9 Å². The number of fused-ring (bicyclic) bond motifs is 1. The summed E-state index contributed by atoms with van der Waals surface area (Å²) in [6.07, 6.45) is 0. The van der Waals surface area contributed by atoms with Crippen molar-refractivity contribution in [2.45, 2.75) is 10.4 Å². The highest BCUT2D eigenvalue weighted by atomic mass is 32.2. The van der Waals surface area contributed by atoms with Gasteiger partial charge in [-0.25, -0.2) is 4.79 Å². The summed E-state index contributed by atoms with van der Waals surface area (Å²) < 4.78 is 40.7. The van der Waals surface area contributed by atoms with Crippen molar-refractivity contribution in [1.82, 2.24) is 4.98 Å². The Bertz CT molecular complexity index is 543. The van der Waals surface area contributed by atoms with Crippen LogP contribution in [0.5, 0.6) is 0 Å². The molecule has 1 aromatic heterocycles. The number of benzene rings is 1. The van der Waals surface area contributed by atoms with E-state index in [1.807, 2.05) is 0 Å². The maximum Gasteiger partial charge on any atom is 0.446 e. The second-order valence-electron chi connectivity index (χ2n) is 2.72. The van der Waals surface area contributed by atoms with Gasteiger partial charge in [0.25, 0.3) is 0 Å². The van der Waals surface area contributed by atoms with E-state index in [-0.39, 0.29) is 27.8 Å². The quantitative estimate of drug-likeness (QED) is 0.773. The van der Waals surface area contributed by atoms with Gasteiger partial charge in [0, 0.05) is 4.90 Å². The van der Waals surface area contributed by atoms with Crippen LogP contribution in [-0.2, 0) is 0 Å². The zero-order chi connectivity index (χ0) is 11.1. The van der Waals surface area contributed by atoms with Crippen molar-refractivity contribution in [3.05, 3.63) is 28.7 Å². The van der Waals surface area contributed by atoms with Gasteiger partial charge in [-0.3, -0.25) is 4.98 Å². The van der Waals surface area contributed by atoms with Crippen LogP contribution in [0.3, 0.4) is 0 Å². The monoisotopic (exact) mass is 235 g/mol. The SMILES string of the molecule is O=c1[nH]c2cc(SC(F)(F)F)ccc2o1. The third-order valence-electron chi connectivity index (χ3n) is 1.62. The third-order valence-corrected chi connectivity index (χ3v) is 2.35. The lowest BCUT2D eigenvalue weighted by Crippen LogP contribution is -1.98. The zero-order valence-electron chi connectivity index (χ0n) is 7.09. The minimum absolute atomic E-state index is 0.00653. The fraction of sp³-hybridized carbons (Fsp3) is 0.125. The molecule has 1 aromatic carbocycles. The van der Waals surface area contributed by atoms with E-state index in [4.69, 9.17) is 0 Å². The Labute approximate surface area is 85.3 Å². The van der Waals surface area contributed by atoms with E-state index in [9.17, 15) is 18.0 Å². The van der Waals surface area contributed by atoms with E-state index in [1.54, 1.807) is 0 Å². The number of alkyl halides is 3. The number of thioether (sulfide) groups is 1. The Hall–Kier alpha value is -1.37. The van der Waals surface area contributed by atoms with Gasteiger partial charge in [0.05, 0.1) is 5.52 Å². The molecule has 0 aliphatic carbocycles. The highest BCUT2D eigenvalue weighted by molar-refractivity contribution is 8.00. The van der Waals surface area contributed by atoms with Gasteiger partial charge in [-0.15, -0.1) is 0 Å². The smallest absolute Gasteiger partial charge is 0.408 e. The number of aromatic nitrogens is 1. The van der Waals surface area contributed by atoms with E-state index in [0.29, 0.717) is 0 Å². The molecule has 0 spiro atoms. The van der Waals surface area contributed by atoms with Crippen LogP contribution in [0.15, 0.2) is 32.3 Å². The molecule has 0 aliphatic heterocycles. The van der Waals surface area contributed by atoms with Crippen LogP contribution in [0.4, 0.5) is 13.2 Å². The fourth-order valence-corrected chi connectivity index (χ4v) is 1.71. The third kappa shape index (κ3) is 2.35. The number of hydrogen-bond acceptors (Lipinski definition) is 3. The van der Waals surface area contributed by atoms with Crippen LogP contribution in [0.1, 0.15) is 0 Å². The molecule has 0 bridgehead atoms. The summed E-state index contributed by atoms with van der Waals surface area (Å²) >= 11 is -0.239. The Morgan fingerprint density at radius 1 is 1.33 bits per heavy atom. The molecular formula is C8H4F3NO2S. The summed E-state index contributed by atoms with van der Waals surface area (Å²) in [4.78, 5) is 13.0. The molecule has 0 saturated heterocycles. The second kappa shape index (κ2) is 3.34. The number of hydrogen-bond donors (Lipinski definition) is 1. The molecule has 2 aromatic rings. The van der Waals surface area contributed by atoms with E-state index >= 15 is 0 Å². The summed E-state index contributed by atoms with van der Waals surface area (Å²) in [5, 5.41) is 0. The molecule has 15 heavy (non-hydrogen) atoms. The standard InChI is InChI=1S/C8H4F3NO2S/c9-8(10,11)15-4-1-2-6-5(3-4)12-7(13)14-6/h1-3H,(H,12,13). The molecule has 0 fully saturated rings. The van der Waals surface area contributed by atoms with Gasteiger partial charge in [-0.1, -0.05) is 0 Å². The van der Waals surface area contributed by atoms with Crippen molar-refractivity contribution in [1.29, 1.82) is 0 Å². The van der Waals surface area contributed by atoms with Crippen LogP contribution in [0.2, 0.25) is 0 Å². The topological polar surface area (TPSA) is 46.0 Å². The molecule has 0 unspecified atom stereocenters. The molecule has 3 nitrogen and oxygen atoms in total. The summed E-state index contributed by atoms with van der Waals surface area (Å²) in [6, 6.07) is 3.79. The molecule has 1 heterocycles. The highest BCUT2D eigenvalue weighted by Gasteiger charge is 2.29. The maximum atomic E-state index is 12.0. The lowest BCUT2D eigenvalue weighted by Gasteiger charge is -2.04. The largest absolute Gasteiger partial charge is 0.446 e. The Balaban J connectivity index is 2.42. The number of rotatable bonds is 1. The molecule has 1 N–H and O–H groups in total. The van der Waals surface area contributed by atoms with Crippen molar-refractivity contribution in [2.24, 2.45) is 0 Å². The summed E-state index contributed by atoms with van der Waals surface area (Å²) in [5.74, 6) is -0.681. The molecule has 2 rings (SSSR count). The van der Waals surface area contributed by atoms with Gasteiger partial charge in [-0.05, 0) is 30.0 Å². The predicted octanol–water partition coefficient (Wildman–Crippen LogP) is 2.73. The molecule has 0 amide bonds. The summed E-state index contributed by atoms with van der Waals surface area (Å²) in [5.41, 5.74) is -3.83. The van der Waals surface area contributed by atoms with Crippen molar-refractivity contribution in [2.75, 3.05) is 0 Å². The van der Waals surface area contributed by atoms with Crippen LogP contribution < -0.4 is 5.76 Å². The number of H-pyrrole nitrogens is 1. The average molecular weight is 235 g/mol. The first-order valence-electron chi connectivity index (χ1n) is 3.83. The molecule has 0 saturated carbocycles. The molecule has 7 heteroatoms. The highest BCUT2D eigenvalue weighted by Crippen LogP contribution is 2.37. The minimum Gasteiger partial charge on any atom is -0.408 e. The first-order valence-corrected chi connectivity index (χ1v) is 4.64. The first kappa shape index (κ1) is 10.2. The minimum atomic E-state index is -4.34. The van der Waals surface area contributed by atoms with Gasteiger partial charge in [0.2, 0.25) is 0 Å². The van der Waals surface area contributed by atoms with Gasteiger partial charge in [-0.2, -0.15) is 13.2 Å². The number of nitrogens with one attached hydrogen (secondary N) is 1. The summed E-state index contributed by atoms with van der Waals surface area (Å²) in [6.45, 7) is 0. The van der Waals surface area contributed by atoms with Crippen molar-refractivity contribution in [3.8, 4) is 0 Å². The summed E-state index contributed by atoms with van der Waals surface area (Å²) in [7, 11) is 0. The predicted molar refractivity (Wildman–Crippen MR) is 48.7 cm³/mol. The Kier molecular flexibility index (Phi) is 2.26. The molecule has 0 atom stereocenters. The molecular weight excluding hydrogens is 231 g/mol.